The number of amides is 1. The van der Waals surface area contributed by atoms with E-state index in [1.54, 1.807) is 19.1 Å². The number of carbonyl (C=O) groups excluding carboxylic acids is 1. The van der Waals surface area contributed by atoms with Crippen molar-refractivity contribution < 1.29 is 18.3 Å². The van der Waals surface area contributed by atoms with E-state index in [1.807, 2.05) is 0 Å². The van der Waals surface area contributed by atoms with Gasteiger partial charge in [-0.05, 0) is 31.4 Å². The standard InChI is InChI=1S/C16H20F2N2O2/c1-11-5-4-8-19-14(11)16(17,18)15(21)20-9-10-22-13-7-3-2-6-12(13)20/h4-5,8,12-13H,2-3,6-7,9-10H2,1H3/t12-,13-/m1/s1. The second-order valence-electron chi connectivity index (χ2n) is 6.00. The molecule has 1 amide bonds. The molecule has 1 aromatic rings. The fourth-order valence-corrected chi connectivity index (χ4v) is 3.44. The third-order valence-electron chi connectivity index (χ3n) is 4.57. The van der Waals surface area contributed by atoms with Crippen molar-refractivity contribution >= 4 is 5.91 Å². The van der Waals surface area contributed by atoms with E-state index in [0.29, 0.717) is 12.2 Å². The molecule has 0 radical (unpaired) electrons. The first-order chi connectivity index (χ1) is 10.5. The molecule has 1 aromatic heterocycles. The Hall–Kier alpha value is -1.56. The molecule has 120 valence electrons. The molecule has 1 aliphatic carbocycles. The van der Waals surface area contributed by atoms with Gasteiger partial charge in [-0.15, -0.1) is 0 Å². The van der Waals surface area contributed by atoms with Crippen LogP contribution in [0.15, 0.2) is 18.3 Å². The third-order valence-corrected chi connectivity index (χ3v) is 4.57. The van der Waals surface area contributed by atoms with Gasteiger partial charge in [-0.3, -0.25) is 9.78 Å². The number of alkyl halides is 2. The molecule has 1 saturated carbocycles. The Kier molecular flexibility index (Phi) is 4.12. The Bertz CT molecular complexity index is 563. The van der Waals surface area contributed by atoms with Crippen LogP contribution in [-0.4, -0.2) is 41.1 Å². The van der Waals surface area contributed by atoms with Gasteiger partial charge < -0.3 is 9.64 Å². The summed E-state index contributed by atoms with van der Waals surface area (Å²) in [5.41, 5.74) is -0.117. The van der Waals surface area contributed by atoms with Gasteiger partial charge in [0, 0.05) is 12.7 Å². The van der Waals surface area contributed by atoms with E-state index in [4.69, 9.17) is 4.74 Å². The SMILES string of the molecule is Cc1cccnc1C(F)(F)C(=O)N1CCO[C@@H]2CCCC[C@H]21. The van der Waals surface area contributed by atoms with Crippen LogP contribution in [0.1, 0.15) is 36.9 Å². The third kappa shape index (κ3) is 2.60. The minimum Gasteiger partial charge on any atom is -0.374 e. The van der Waals surface area contributed by atoms with Crippen molar-refractivity contribution in [2.45, 2.75) is 50.7 Å². The molecular formula is C16H20F2N2O2. The summed E-state index contributed by atoms with van der Waals surface area (Å²) in [6, 6.07) is 2.90. The van der Waals surface area contributed by atoms with Crippen LogP contribution in [0.2, 0.25) is 0 Å². The Balaban J connectivity index is 1.87. The van der Waals surface area contributed by atoms with Gasteiger partial charge in [-0.1, -0.05) is 18.9 Å². The minimum atomic E-state index is -3.59. The molecule has 2 fully saturated rings. The number of carbonyl (C=O) groups is 1. The number of pyridine rings is 1. The maximum atomic E-state index is 14.7. The minimum absolute atomic E-state index is 0.105. The van der Waals surface area contributed by atoms with E-state index < -0.39 is 17.5 Å². The first-order valence-corrected chi connectivity index (χ1v) is 7.74. The van der Waals surface area contributed by atoms with Crippen LogP contribution in [0.3, 0.4) is 0 Å². The van der Waals surface area contributed by atoms with Crippen LogP contribution in [0.5, 0.6) is 0 Å². The zero-order valence-corrected chi connectivity index (χ0v) is 12.6. The monoisotopic (exact) mass is 310 g/mol. The van der Waals surface area contributed by atoms with Crippen molar-refractivity contribution in [3.05, 3.63) is 29.6 Å². The van der Waals surface area contributed by atoms with E-state index >= 15 is 0 Å². The maximum absolute atomic E-state index is 14.7. The number of aromatic nitrogens is 1. The Morgan fingerprint density at radius 3 is 2.95 bits per heavy atom. The quantitative estimate of drug-likeness (QED) is 0.843. The average Bonchev–Trinajstić information content (AvgIpc) is 2.54. The number of nitrogens with zero attached hydrogens (tertiary/aromatic N) is 2. The van der Waals surface area contributed by atoms with Gasteiger partial charge in [0.05, 0.1) is 18.8 Å². The summed E-state index contributed by atoms with van der Waals surface area (Å²) < 4.78 is 35.0. The first-order valence-electron chi connectivity index (χ1n) is 7.74. The van der Waals surface area contributed by atoms with Gasteiger partial charge in [0.1, 0.15) is 5.69 Å². The lowest BCUT2D eigenvalue weighted by atomic mass is 9.89. The number of hydrogen-bond donors (Lipinski definition) is 0. The molecule has 0 unspecified atom stereocenters. The topological polar surface area (TPSA) is 42.4 Å². The molecule has 0 aromatic carbocycles. The predicted octanol–water partition coefficient (Wildman–Crippen LogP) is 2.65. The first kappa shape index (κ1) is 15.3. The number of rotatable bonds is 2. The molecule has 2 atom stereocenters. The molecule has 1 aliphatic heterocycles. The van der Waals surface area contributed by atoms with E-state index in [2.05, 4.69) is 4.98 Å². The highest BCUT2D eigenvalue weighted by atomic mass is 19.3. The molecule has 2 heterocycles. The van der Waals surface area contributed by atoms with E-state index in [9.17, 15) is 13.6 Å². The Labute approximate surface area is 128 Å². The molecule has 2 aliphatic rings. The number of halogens is 2. The summed E-state index contributed by atoms with van der Waals surface area (Å²) in [5, 5.41) is 0. The van der Waals surface area contributed by atoms with Crippen molar-refractivity contribution in [2.24, 2.45) is 0 Å². The highest BCUT2D eigenvalue weighted by molar-refractivity contribution is 5.85. The van der Waals surface area contributed by atoms with Crippen molar-refractivity contribution in [2.75, 3.05) is 13.2 Å². The van der Waals surface area contributed by atoms with Gasteiger partial charge in [-0.2, -0.15) is 8.78 Å². The van der Waals surface area contributed by atoms with Gasteiger partial charge in [0.2, 0.25) is 0 Å². The lowest BCUT2D eigenvalue weighted by Gasteiger charge is -2.44. The number of morpholine rings is 1. The Morgan fingerprint density at radius 1 is 1.41 bits per heavy atom. The maximum Gasteiger partial charge on any atom is 0.366 e. The van der Waals surface area contributed by atoms with Crippen LogP contribution in [0.4, 0.5) is 8.78 Å². The molecule has 4 nitrogen and oxygen atoms in total. The molecule has 0 N–H and O–H groups in total. The largest absolute Gasteiger partial charge is 0.374 e. The van der Waals surface area contributed by atoms with E-state index in [1.165, 1.54) is 11.1 Å². The molecule has 6 heteroatoms. The highest BCUT2D eigenvalue weighted by Gasteiger charge is 2.50. The average molecular weight is 310 g/mol. The van der Waals surface area contributed by atoms with Crippen molar-refractivity contribution in [1.29, 1.82) is 0 Å². The van der Waals surface area contributed by atoms with Crippen molar-refractivity contribution in [3.8, 4) is 0 Å². The normalized spacial score (nSPS) is 25.7. The van der Waals surface area contributed by atoms with Crippen LogP contribution >= 0.6 is 0 Å². The second-order valence-corrected chi connectivity index (χ2v) is 6.00. The summed E-state index contributed by atoms with van der Waals surface area (Å²) in [6.07, 6.45) is 4.73. The zero-order valence-electron chi connectivity index (χ0n) is 12.6. The van der Waals surface area contributed by atoms with Gasteiger partial charge in [-0.25, -0.2) is 0 Å². The van der Waals surface area contributed by atoms with Gasteiger partial charge >= 0.3 is 5.92 Å². The zero-order chi connectivity index (χ0) is 15.7. The lowest BCUT2D eigenvalue weighted by molar-refractivity contribution is -0.176. The molecule has 3 rings (SSSR count). The summed E-state index contributed by atoms with van der Waals surface area (Å²) in [7, 11) is 0. The van der Waals surface area contributed by atoms with E-state index in [0.717, 1.165) is 25.7 Å². The number of fused-ring (bicyclic) bond motifs is 1. The summed E-state index contributed by atoms with van der Waals surface area (Å²) in [6.45, 7) is 2.10. The van der Waals surface area contributed by atoms with Gasteiger partial charge in [0.25, 0.3) is 5.91 Å². The fraction of sp³-hybridized carbons (Fsp3) is 0.625. The molecule has 0 bridgehead atoms. The number of hydrogen-bond acceptors (Lipinski definition) is 3. The molecular weight excluding hydrogens is 290 g/mol. The summed E-state index contributed by atoms with van der Waals surface area (Å²) in [4.78, 5) is 17.6. The van der Waals surface area contributed by atoms with Crippen molar-refractivity contribution in [1.82, 2.24) is 9.88 Å². The van der Waals surface area contributed by atoms with E-state index in [-0.39, 0.29) is 18.7 Å². The highest BCUT2D eigenvalue weighted by Crippen LogP contribution is 2.35. The van der Waals surface area contributed by atoms with Crippen LogP contribution < -0.4 is 0 Å². The fourth-order valence-electron chi connectivity index (χ4n) is 3.44. The van der Waals surface area contributed by atoms with Gasteiger partial charge in [0.15, 0.2) is 0 Å². The molecule has 0 spiro atoms. The molecule has 1 saturated heterocycles. The van der Waals surface area contributed by atoms with Crippen LogP contribution in [0, 0.1) is 6.92 Å². The van der Waals surface area contributed by atoms with Crippen LogP contribution in [0.25, 0.3) is 0 Å². The number of ether oxygens (including phenoxy) is 1. The predicted molar refractivity (Wildman–Crippen MR) is 76.6 cm³/mol. The Morgan fingerprint density at radius 2 is 2.18 bits per heavy atom. The second kappa shape index (κ2) is 5.91. The smallest absolute Gasteiger partial charge is 0.366 e. The lowest BCUT2D eigenvalue weighted by Crippen LogP contribution is -2.58. The van der Waals surface area contributed by atoms with Crippen LogP contribution in [-0.2, 0) is 15.5 Å². The summed E-state index contributed by atoms with van der Waals surface area (Å²) in [5.74, 6) is -4.74. The number of aryl methyl sites for hydroxylation is 1. The van der Waals surface area contributed by atoms with Crippen molar-refractivity contribution in [3.63, 3.8) is 0 Å². The molecule has 22 heavy (non-hydrogen) atoms. The summed E-state index contributed by atoms with van der Waals surface area (Å²) >= 11 is 0.